The molecule has 1 N–H and O–H groups in total. The maximum Gasteiger partial charge on any atom is 0.255 e. The van der Waals surface area contributed by atoms with Crippen molar-refractivity contribution < 1.29 is 13.6 Å². The van der Waals surface area contributed by atoms with Crippen LogP contribution in [-0.2, 0) is 0 Å². The van der Waals surface area contributed by atoms with Crippen molar-refractivity contribution in [3.8, 4) is 0 Å². The predicted octanol–water partition coefficient (Wildman–Crippen LogP) is 3.53. The van der Waals surface area contributed by atoms with Gasteiger partial charge in [-0.15, -0.1) is 0 Å². The second-order valence-electron chi connectivity index (χ2n) is 3.95. The predicted molar refractivity (Wildman–Crippen MR) is 65.5 cm³/mol. The summed E-state index contributed by atoms with van der Waals surface area (Å²) in [4.78, 5) is 11.8. The molecule has 0 heterocycles. The van der Waals surface area contributed by atoms with Gasteiger partial charge in [-0.05, 0) is 42.8 Å². The third-order valence-corrected chi connectivity index (χ3v) is 2.46. The standard InChI is InChI=1S/C14H11F2NO/c1-9-3-2-4-11(7-9)17-14(18)10-5-6-12(15)13(16)8-10/h2-8H,1H3,(H,17,18). The summed E-state index contributed by atoms with van der Waals surface area (Å²) < 4.78 is 25.7. The van der Waals surface area contributed by atoms with Gasteiger partial charge in [0.2, 0.25) is 0 Å². The smallest absolute Gasteiger partial charge is 0.255 e. The lowest BCUT2D eigenvalue weighted by atomic mass is 10.2. The number of carbonyl (C=O) groups is 1. The average Bonchev–Trinajstić information content (AvgIpc) is 2.32. The Labute approximate surface area is 103 Å². The molecule has 92 valence electrons. The highest BCUT2D eigenvalue weighted by Gasteiger charge is 2.09. The van der Waals surface area contributed by atoms with Gasteiger partial charge in [-0.1, -0.05) is 12.1 Å². The fourth-order valence-corrected chi connectivity index (χ4v) is 1.56. The molecule has 0 atom stereocenters. The number of carbonyl (C=O) groups excluding carboxylic acids is 1. The van der Waals surface area contributed by atoms with Crippen LogP contribution < -0.4 is 5.32 Å². The lowest BCUT2D eigenvalue weighted by Crippen LogP contribution is -2.12. The molecular weight excluding hydrogens is 236 g/mol. The van der Waals surface area contributed by atoms with Crippen LogP contribution in [-0.4, -0.2) is 5.91 Å². The molecule has 4 heteroatoms. The van der Waals surface area contributed by atoms with Crippen LogP contribution in [0.4, 0.5) is 14.5 Å². The first-order valence-electron chi connectivity index (χ1n) is 5.39. The molecule has 0 aromatic heterocycles. The number of amides is 1. The Bertz CT molecular complexity index is 596. The first-order valence-corrected chi connectivity index (χ1v) is 5.39. The Kier molecular flexibility index (Phi) is 3.37. The molecule has 2 rings (SSSR count). The van der Waals surface area contributed by atoms with E-state index in [2.05, 4.69) is 5.32 Å². The second kappa shape index (κ2) is 4.96. The Balaban J connectivity index is 2.19. The topological polar surface area (TPSA) is 29.1 Å². The summed E-state index contributed by atoms with van der Waals surface area (Å²) in [6.45, 7) is 1.90. The van der Waals surface area contributed by atoms with E-state index in [1.165, 1.54) is 6.07 Å². The van der Waals surface area contributed by atoms with E-state index in [9.17, 15) is 13.6 Å². The summed E-state index contributed by atoms with van der Waals surface area (Å²) >= 11 is 0. The number of aryl methyl sites for hydroxylation is 1. The summed E-state index contributed by atoms with van der Waals surface area (Å²) in [6, 6.07) is 10.3. The van der Waals surface area contributed by atoms with Gasteiger partial charge >= 0.3 is 0 Å². The fourth-order valence-electron chi connectivity index (χ4n) is 1.56. The Hall–Kier alpha value is -2.23. The lowest BCUT2D eigenvalue weighted by Gasteiger charge is -2.06. The monoisotopic (exact) mass is 247 g/mol. The zero-order valence-corrected chi connectivity index (χ0v) is 9.71. The van der Waals surface area contributed by atoms with Crippen LogP contribution in [0.2, 0.25) is 0 Å². The van der Waals surface area contributed by atoms with Crippen LogP contribution in [0, 0.1) is 18.6 Å². The molecule has 18 heavy (non-hydrogen) atoms. The minimum Gasteiger partial charge on any atom is -0.322 e. The maximum atomic E-state index is 13.0. The Morgan fingerprint density at radius 2 is 1.83 bits per heavy atom. The molecular formula is C14H11F2NO. The SMILES string of the molecule is Cc1cccc(NC(=O)c2ccc(F)c(F)c2)c1. The summed E-state index contributed by atoms with van der Waals surface area (Å²) in [5.74, 6) is -2.48. The summed E-state index contributed by atoms with van der Waals surface area (Å²) in [5.41, 5.74) is 1.69. The third-order valence-electron chi connectivity index (χ3n) is 2.46. The van der Waals surface area contributed by atoms with Crippen molar-refractivity contribution >= 4 is 11.6 Å². The first kappa shape index (κ1) is 12.2. The molecule has 0 fully saturated rings. The van der Waals surface area contributed by atoms with Gasteiger partial charge in [0.1, 0.15) is 0 Å². The third kappa shape index (κ3) is 2.71. The van der Waals surface area contributed by atoms with Crippen LogP contribution in [0.5, 0.6) is 0 Å². The van der Waals surface area contributed by atoms with Gasteiger partial charge in [0.15, 0.2) is 11.6 Å². The quantitative estimate of drug-likeness (QED) is 0.864. The van der Waals surface area contributed by atoms with Crippen molar-refractivity contribution in [3.05, 3.63) is 65.2 Å². The molecule has 0 aliphatic heterocycles. The van der Waals surface area contributed by atoms with Gasteiger partial charge in [-0.3, -0.25) is 4.79 Å². The van der Waals surface area contributed by atoms with Gasteiger partial charge in [0.05, 0.1) is 0 Å². The van der Waals surface area contributed by atoms with Crippen molar-refractivity contribution in [3.63, 3.8) is 0 Å². The maximum absolute atomic E-state index is 13.0. The minimum atomic E-state index is -1.04. The highest BCUT2D eigenvalue weighted by molar-refractivity contribution is 6.04. The molecule has 2 nitrogen and oxygen atoms in total. The van der Waals surface area contributed by atoms with Crippen LogP contribution in [0.3, 0.4) is 0 Å². The van der Waals surface area contributed by atoms with Crippen molar-refractivity contribution in [1.82, 2.24) is 0 Å². The van der Waals surface area contributed by atoms with E-state index >= 15 is 0 Å². The molecule has 0 saturated heterocycles. The van der Waals surface area contributed by atoms with Crippen molar-refractivity contribution in [2.45, 2.75) is 6.92 Å². The van der Waals surface area contributed by atoms with E-state index in [-0.39, 0.29) is 5.56 Å². The number of hydrogen-bond donors (Lipinski definition) is 1. The summed E-state index contributed by atoms with van der Waals surface area (Å²) in [5, 5.41) is 2.62. The zero-order valence-electron chi connectivity index (χ0n) is 9.71. The van der Waals surface area contributed by atoms with Gasteiger partial charge in [0, 0.05) is 11.3 Å². The zero-order chi connectivity index (χ0) is 13.1. The van der Waals surface area contributed by atoms with Crippen LogP contribution >= 0.6 is 0 Å². The molecule has 0 radical (unpaired) electrons. The van der Waals surface area contributed by atoms with E-state index in [0.29, 0.717) is 5.69 Å². The normalized spacial score (nSPS) is 10.2. The minimum absolute atomic E-state index is 0.0791. The van der Waals surface area contributed by atoms with Gasteiger partial charge in [0.25, 0.3) is 5.91 Å². The number of rotatable bonds is 2. The van der Waals surface area contributed by atoms with Crippen molar-refractivity contribution in [2.75, 3.05) is 5.32 Å². The molecule has 0 spiro atoms. The summed E-state index contributed by atoms with van der Waals surface area (Å²) in [7, 11) is 0. The van der Waals surface area contributed by atoms with E-state index < -0.39 is 17.5 Å². The second-order valence-corrected chi connectivity index (χ2v) is 3.95. The van der Waals surface area contributed by atoms with Crippen LogP contribution in [0.15, 0.2) is 42.5 Å². The van der Waals surface area contributed by atoms with Gasteiger partial charge in [-0.25, -0.2) is 8.78 Å². The first-order chi connectivity index (χ1) is 8.56. The lowest BCUT2D eigenvalue weighted by molar-refractivity contribution is 0.102. The van der Waals surface area contributed by atoms with Crippen LogP contribution in [0.1, 0.15) is 15.9 Å². The van der Waals surface area contributed by atoms with Crippen molar-refractivity contribution in [1.29, 1.82) is 0 Å². The molecule has 1 amide bonds. The fraction of sp³-hybridized carbons (Fsp3) is 0.0714. The van der Waals surface area contributed by atoms with Crippen molar-refractivity contribution in [2.24, 2.45) is 0 Å². The van der Waals surface area contributed by atoms with E-state index in [1.807, 2.05) is 13.0 Å². The number of anilines is 1. The molecule has 2 aromatic carbocycles. The summed E-state index contributed by atoms with van der Waals surface area (Å²) in [6.07, 6.45) is 0. The van der Waals surface area contributed by atoms with Gasteiger partial charge in [-0.2, -0.15) is 0 Å². The number of hydrogen-bond acceptors (Lipinski definition) is 1. The molecule has 2 aromatic rings. The highest BCUT2D eigenvalue weighted by atomic mass is 19.2. The molecule has 0 aliphatic carbocycles. The molecule has 0 saturated carbocycles. The molecule has 0 bridgehead atoms. The van der Waals surface area contributed by atoms with Gasteiger partial charge < -0.3 is 5.32 Å². The highest BCUT2D eigenvalue weighted by Crippen LogP contribution is 2.13. The number of halogens is 2. The van der Waals surface area contributed by atoms with E-state index in [1.54, 1.807) is 18.2 Å². The number of nitrogens with one attached hydrogen (secondary N) is 1. The van der Waals surface area contributed by atoms with E-state index in [0.717, 1.165) is 17.7 Å². The Morgan fingerprint density at radius 3 is 2.50 bits per heavy atom. The average molecular weight is 247 g/mol. The largest absolute Gasteiger partial charge is 0.322 e. The van der Waals surface area contributed by atoms with E-state index in [4.69, 9.17) is 0 Å². The van der Waals surface area contributed by atoms with Crippen LogP contribution in [0.25, 0.3) is 0 Å². The molecule has 0 aliphatic rings. The number of benzene rings is 2. The Morgan fingerprint density at radius 1 is 1.06 bits per heavy atom. The molecule has 0 unspecified atom stereocenters.